The van der Waals surface area contributed by atoms with Gasteiger partial charge < -0.3 is 10.2 Å². The lowest BCUT2D eigenvalue weighted by atomic mass is 10.1. The van der Waals surface area contributed by atoms with E-state index >= 15 is 0 Å². The smallest absolute Gasteiger partial charge is 0.258 e. The second-order valence-electron chi connectivity index (χ2n) is 7.00. The Morgan fingerprint density at radius 3 is 2.31 bits per heavy atom. The molecule has 4 rings (SSSR count). The van der Waals surface area contributed by atoms with Crippen LogP contribution in [0.25, 0.3) is 0 Å². The standard InChI is InChI=1S/C24H20N2O3/c1-16(27)20-6-4-7-21(15-20)25-23(28)18-9-11-19(12-10-18)24(29)26-14-13-17-5-2-3-8-22(17)26/h2-12,15H,13-14H2,1H3,(H,25,28). The Morgan fingerprint density at radius 1 is 0.828 bits per heavy atom. The Kier molecular flexibility index (Phi) is 4.96. The van der Waals surface area contributed by atoms with Crippen molar-refractivity contribution in [3.8, 4) is 0 Å². The van der Waals surface area contributed by atoms with Gasteiger partial charge in [0.05, 0.1) is 0 Å². The summed E-state index contributed by atoms with van der Waals surface area (Å²) in [6, 6.07) is 21.3. The third-order valence-electron chi connectivity index (χ3n) is 5.05. The number of nitrogens with one attached hydrogen (secondary N) is 1. The molecule has 144 valence electrons. The first-order valence-electron chi connectivity index (χ1n) is 9.45. The van der Waals surface area contributed by atoms with Gasteiger partial charge >= 0.3 is 0 Å². The third-order valence-corrected chi connectivity index (χ3v) is 5.05. The molecule has 2 amide bonds. The van der Waals surface area contributed by atoms with Crippen molar-refractivity contribution in [2.45, 2.75) is 13.3 Å². The number of para-hydroxylation sites is 1. The summed E-state index contributed by atoms with van der Waals surface area (Å²) in [6.07, 6.45) is 0.849. The van der Waals surface area contributed by atoms with Gasteiger partial charge in [-0.25, -0.2) is 0 Å². The number of hydrogen-bond acceptors (Lipinski definition) is 3. The summed E-state index contributed by atoms with van der Waals surface area (Å²) in [5.74, 6) is -0.431. The molecule has 1 heterocycles. The zero-order valence-electron chi connectivity index (χ0n) is 16.0. The minimum absolute atomic E-state index is 0.0625. The van der Waals surface area contributed by atoms with E-state index in [2.05, 4.69) is 5.32 Å². The summed E-state index contributed by atoms with van der Waals surface area (Å²) >= 11 is 0. The van der Waals surface area contributed by atoms with Crippen LogP contribution >= 0.6 is 0 Å². The number of nitrogens with zero attached hydrogens (tertiary/aromatic N) is 1. The summed E-state index contributed by atoms with van der Waals surface area (Å²) in [6.45, 7) is 2.14. The Balaban J connectivity index is 1.48. The summed E-state index contributed by atoms with van der Waals surface area (Å²) in [7, 11) is 0. The topological polar surface area (TPSA) is 66.5 Å². The number of anilines is 2. The maximum atomic E-state index is 12.9. The lowest BCUT2D eigenvalue weighted by molar-refractivity contribution is 0.0985. The highest BCUT2D eigenvalue weighted by Crippen LogP contribution is 2.28. The van der Waals surface area contributed by atoms with Crippen LogP contribution < -0.4 is 10.2 Å². The van der Waals surface area contributed by atoms with Crippen molar-refractivity contribution >= 4 is 29.0 Å². The van der Waals surface area contributed by atoms with E-state index in [1.807, 2.05) is 24.3 Å². The van der Waals surface area contributed by atoms with E-state index in [4.69, 9.17) is 0 Å². The molecule has 0 spiro atoms. The lowest BCUT2D eigenvalue weighted by Gasteiger charge is -2.17. The molecule has 0 aromatic heterocycles. The molecule has 0 atom stereocenters. The van der Waals surface area contributed by atoms with Crippen molar-refractivity contribution in [3.63, 3.8) is 0 Å². The fraction of sp³-hybridized carbons (Fsp3) is 0.125. The van der Waals surface area contributed by atoms with Gasteiger partial charge in [-0.05, 0) is 61.4 Å². The molecule has 0 saturated heterocycles. The molecule has 3 aromatic rings. The minimum Gasteiger partial charge on any atom is -0.322 e. The van der Waals surface area contributed by atoms with E-state index in [0.29, 0.717) is 28.9 Å². The molecular weight excluding hydrogens is 364 g/mol. The molecule has 29 heavy (non-hydrogen) atoms. The van der Waals surface area contributed by atoms with Crippen LogP contribution in [0.5, 0.6) is 0 Å². The van der Waals surface area contributed by atoms with Gasteiger partial charge in [0.25, 0.3) is 11.8 Å². The minimum atomic E-state index is -0.295. The van der Waals surface area contributed by atoms with Crippen LogP contribution in [-0.4, -0.2) is 24.1 Å². The second-order valence-corrected chi connectivity index (χ2v) is 7.00. The molecule has 0 saturated carbocycles. The van der Waals surface area contributed by atoms with Gasteiger partial charge in [-0.3, -0.25) is 14.4 Å². The summed E-state index contributed by atoms with van der Waals surface area (Å²) in [5.41, 5.74) is 4.19. The van der Waals surface area contributed by atoms with Crippen molar-refractivity contribution in [2.75, 3.05) is 16.8 Å². The predicted octanol–water partition coefficient (Wildman–Crippen LogP) is 4.34. The first kappa shape index (κ1) is 18.6. The summed E-state index contributed by atoms with van der Waals surface area (Å²) in [5, 5.41) is 2.78. The van der Waals surface area contributed by atoms with Gasteiger partial charge in [-0.15, -0.1) is 0 Å². The quantitative estimate of drug-likeness (QED) is 0.680. The van der Waals surface area contributed by atoms with Crippen LogP contribution in [0.1, 0.15) is 43.6 Å². The van der Waals surface area contributed by atoms with Crippen molar-refractivity contribution in [2.24, 2.45) is 0 Å². The number of carbonyl (C=O) groups excluding carboxylic acids is 3. The van der Waals surface area contributed by atoms with Gasteiger partial charge in [-0.1, -0.05) is 30.3 Å². The van der Waals surface area contributed by atoms with E-state index in [1.54, 1.807) is 53.4 Å². The molecule has 1 aliphatic heterocycles. The lowest BCUT2D eigenvalue weighted by Crippen LogP contribution is -2.28. The van der Waals surface area contributed by atoms with E-state index in [0.717, 1.165) is 12.1 Å². The molecule has 0 fully saturated rings. The fourth-order valence-electron chi connectivity index (χ4n) is 3.49. The van der Waals surface area contributed by atoms with Crippen LogP contribution in [0.15, 0.2) is 72.8 Å². The molecule has 0 unspecified atom stereocenters. The van der Waals surface area contributed by atoms with E-state index in [-0.39, 0.29) is 17.6 Å². The monoisotopic (exact) mass is 384 g/mol. The Morgan fingerprint density at radius 2 is 1.55 bits per heavy atom. The molecule has 0 radical (unpaired) electrons. The Hall–Kier alpha value is -3.73. The molecule has 0 bridgehead atoms. The average molecular weight is 384 g/mol. The largest absolute Gasteiger partial charge is 0.322 e. The number of ketones is 1. The van der Waals surface area contributed by atoms with Crippen LogP contribution in [0.2, 0.25) is 0 Å². The molecular formula is C24H20N2O3. The van der Waals surface area contributed by atoms with Crippen molar-refractivity contribution in [3.05, 3.63) is 95.1 Å². The van der Waals surface area contributed by atoms with Crippen LogP contribution in [0, 0.1) is 0 Å². The number of amides is 2. The highest BCUT2D eigenvalue weighted by molar-refractivity contribution is 6.09. The number of Topliss-reactive ketones (excluding diaryl/α,β-unsaturated/α-hetero) is 1. The second kappa shape index (κ2) is 7.72. The number of rotatable bonds is 4. The number of benzene rings is 3. The SMILES string of the molecule is CC(=O)c1cccc(NC(=O)c2ccc(C(=O)N3CCc4ccccc43)cc2)c1. The van der Waals surface area contributed by atoms with Crippen molar-refractivity contribution < 1.29 is 14.4 Å². The maximum absolute atomic E-state index is 12.9. The zero-order valence-corrected chi connectivity index (χ0v) is 16.0. The highest BCUT2D eigenvalue weighted by atomic mass is 16.2. The van der Waals surface area contributed by atoms with Crippen molar-refractivity contribution in [1.82, 2.24) is 0 Å². The normalized spacial score (nSPS) is 12.4. The summed E-state index contributed by atoms with van der Waals surface area (Å²) < 4.78 is 0. The number of hydrogen-bond donors (Lipinski definition) is 1. The van der Waals surface area contributed by atoms with Gasteiger partial charge in [0.2, 0.25) is 0 Å². The van der Waals surface area contributed by atoms with Crippen molar-refractivity contribution in [1.29, 1.82) is 0 Å². The van der Waals surface area contributed by atoms with E-state index in [1.165, 1.54) is 12.5 Å². The Labute approximate surface area is 169 Å². The average Bonchev–Trinajstić information content (AvgIpc) is 3.17. The zero-order chi connectivity index (χ0) is 20.4. The molecule has 5 heteroatoms. The molecule has 0 aliphatic carbocycles. The van der Waals surface area contributed by atoms with Crippen LogP contribution in [0.3, 0.4) is 0 Å². The van der Waals surface area contributed by atoms with Gasteiger partial charge in [0.15, 0.2) is 5.78 Å². The highest BCUT2D eigenvalue weighted by Gasteiger charge is 2.25. The number of fused-ring (bicyclic) bond motifs is 1. The van der Waals surface area contributed by atoms with E-state index in [9.17, 15) is 14.4 Å². The predicted molar refractivity (Wildman–Crippen MR) is 113 cm³/mol. The molecule has 3 aromatic carbocycles. The fourth-order valence-corrected chi connectivity index (χ4v) is 3.49. The van der Waals surface area contributed by atoms with E-state index < -0.39 is 0 Å². The first-order valence-corrected chi connectivity index (χ1v) is 9.45. The Bertz CT molecular complexity index is 1100. The van der Waals surface area contributed by atoms with Crippen LogP contribution in [0.4, 0.5) is 11.4 Å². The van der Waals surface area contributed by atoms with Gasteiger partial charge in [0, 0.05) is 34.6 Å². The molecule has 5 nitrogen and oxygen atoms in total. The maximum Gasteiger partial charge on any atom is 0.258 e. The number of carbonyl (C=O) groups is 3. The first-order chi connectivity index (χ1) is 14.0. The van der Waals surface area contributed by atoms with Gasteiger partial charge in [-0.2, -0.15) is 0 Å². The third kappa shape index (κ3) is 3.80. The molecule has 1 aliphatic rings. The molecule has 1 N–H and O–H groups in total. The van der Waals surface area contributed by atoms with Crippen LogP contribution in [-0.2, 0) is 6.42 Å². The summed E-state index contributed by atoms with van der Waals surface area (Å²) in [4.78, 5) is 38.6. The van der Waals surface area contributed by atoms with Gasteiger partial charge in [0.1, 0.15) is 0 Å².